The van der Waals surface area contributed by atoms with E-state index in [1.54, 1.807) is 26.4 Å². The van der Waals surface area contributed by atoms with Gasteiger partial charge in [-0.3, -0.25) is 14.9 Å². The van der Waals surface area contributed by atoms with Gasteiger partial charge in [-0.2, -0.15) is 0 Å². The Morgan fingerprint density at radius 2 is 1.92 bits per heavy atom. The molecule has 7 heteroatoms. The Kier molecular flexibility index (Phi) is 5.73. The van der Waals surface area contributed by atoms with Crippen molar-refractivity contribution >= 4 is 17.3 Å². The Morgan fingerprint density at radius 1 is 1.17 bits per heavy atom. The van der Waals surface area contributed by atoms with Gasteiger partial charge in [-0.25, -0.2) is 0 Å². The van der Waals surface area contributed by atoms with Crippen molar-refractivity contribution in [1.82, 2.24) is 0 Å². The van der Waals surface area contributed by atoms with Gasteiger partial charge in [-0.1, -0.05) is 18.2 Å². The molecule has 0 radical (unpaired) electrons. The summed E-state index contributed by atoms with van der Waals surface area (Å²) in [5.74, 6) is 0.970. The first-order valence-corrected chi connectivity index (χ1v) is 7.29. The molecular formula is C17H18N2O5. The number of nitro benzene ring substituents is 1. The fourth-order valence-electron chi connectivity index (χ4n) is 2.32. The molecule has 0 atom stereocenters. The van der Waals surface area contributed by atoms with E-state index >= 15 is 0 Å². The van der Waals surface area contributed by atoms with Crippen LogP contribution in [0.5, 0.6) is 11.5 Å². The van der Waals surface area contributed by atoms with Gasteiger partial charge in [0.2, 0.25) is 5.91 Å². The molecule has 0 bridgehead atoms. The van der Waals surface area contributed by atoms with Crippen LogP contribution in [-0.2, 0) is 11.2 Å². The van der Waals surface area contributed by atoms with Crippen LogP contribution in [0.15, 0.2) is 42.5 Å². The van der Waals surface area contributed by atoms with Gasteiger partial charge in [-0.05, 0) is 24.1 Å². The molecule has 0 saturated carbocycles. The lowest BCUT2D eigenvalue weighted by molar-refractivity contribution is -0.384. The van der Waals surface area contributed by atoms with Gasteiger partial charge in [0.05, 0.1) is 19.1 Å². The first kappa shape index (κ1) is 17.3. The van der Waals surface area contributed by atoms with E-state index in [0.717, 1.165) is 5.56 Å². The first-order valence-electron chi connectivity index (χ1n) is 7.29. The Bertz CT molecular complexity index is 746. The lowest BCUT2D eigenvalue weighted by Gasteiger charge is -2.12. The number of aryl methyl sites for hydroxylation is 1. The number of hydrogen-bond donors (Lipinski definition) is 1. The molecule has 1 N–H and O–H groups in total. The molecule has 0 unspecified atom stereocenters. The van der Waals surface area contributed by atoms with E-state index in [0.29, 0.717) is 23.6 Å². The van der Waals surface area contributed by atoms with Crippen molar-refractivity contribution in [1.29, 1.82) is 0 Å². The smallest absolute Gasteiger partial charge is 0.271 e. The van der Waals surface area contributed by atoms with Gasteiger partial charge in [-0.15, -0.1) is 0 Å². The predicted octanol–water partition coefficient (Wildman–Crippen LogP) is 3.18. The summed E-state index contributed by atoms with van der Waals surface area (Å²) < 4.78 is 10.6. The number of anilines is 1. The number of amides is 1. The second kappa shape index (κ2) is 7.96. The number of methoxy groups -OCH3 is 2. The van der Waals surface area contributed by atoms with Crippen molar-refractivity contribution in [3.8, 4) is 11.5 Å². The van der Waals surface area contributed by atoms with Crippen molar-refractivity contribution in [2.75, 3.05) is 19.5 Å². The number of para-hydroxylation sites is 1. The average Bonchev–Trinajstić information content (AvgIpc) is 2.59. The largest absolute Gasteiger partial charge is 0.493 e. The van der Waals surface area contributed by atoms with Gasteiger partial charge in [0.15, 0.2) is 11.5 Å². The molecule has 0 aliphatic carbocycles. The van der Waals surface area contributed by atoms with Gasteiger partial charge >= 0.3 is 0 Å². The van der Waals surface area contributed by atoms with Crippen molar-refractivity contribution < 1.29 is 19.2 Å². The van der Waals surface area contributed by atoms with E-state index in [-0.39, 0.29) is 18.0 Å². The van der Waals surface area contributed by atoms with Crippen LogP contribution in [0, 0.1) is 10.1 Å². The van der Waals surface area contributed by atoms with E-state index in [1.165, 1.54) is 18.2 Å². The fourth-order valence-corrected chi connectivity index (χ4v) is 2.32. The lowest BCUT2D eigenvalue weighted by Crippen LogP contribution is -2.12. The third kappa shape index (κ3) is 4.22. The van der Waals surface area contributed by atoms with E-state index in [2.05, 4.69) is 5.32 Å². The summed E-state index contributed by atoms with van der Waals surface area (Å²) in [5.41, 5.74) is 1.18. The van der Waals surface area contributed by atoms with E-state index in [9.17, 15) is 14.9 Å². The van der Waals surface area contributed by atoms with Gasteiger partial charge in [0, 0.05) is 24.2 Å². The molecule has 2 rings (SSSR count). The number of carbonyl (C=O) groups is 1. The third-order valence-electron chi connectivity index (χ3n) is 3.45. The number of benzene rings is 2. The Labute approximate surface area is 139 Å². The van der Waals surface area contributed by atoms with Crippen LogP contribution in [0.4, 0.5) is 11.4 Å². The SMILES string of the molecule is COc1cccc(CCC(=O)Nc2cccc([N+](=O)[O-])c2)c1OC. The molecule has 126 valence electrons. The van der Waals surface area contributed by atoms with E-state index in [1.807, 2.05) is 12.1 Å². The Morgan fingerprint density at radius 3 is 2.58 bits per heavy atom. The third-order valence-corrected chi connectivity index (χ3v) is 3.45. The summed E-state index contributed by atoms with van der Waals surface area (Å²) in [7, 11) is 3.10. The summed E-state index contributed by atoms with van der Waals surface area (Å²) in [6.45, 7) is 0. The quantitative estimate of drug-likeness (QED) is 0.622. The molecule has 2 aromatic rings. The topological polar surface area (TPSA) is 90.7 Å². The van der Waals surface area contributed by atoms with E-state index < -0.39 is 4.92 Å². The maximum Gasteiger partial charge on any atom is 0.271 e. The van der Waals surface area contributed by atoms with Crippen molar-refractivity contribution in [2.45, 2.75) is 12.8 Å². The average molecular weight is 330 g/mol. The van der Waals surface area contributed by atoms with Crippen LogP contribution in [0.2, 0.25) is 0 Å². The zero-order chi connectivity index (χ0) is 17.5. The molecule has 0 heterocycles. The summed E-state index contributed by atoms with van der Waals surface area (Å²) >= 11 is 0. The van der Waals surface area contributed by atoms with Crippen LogP contribution in [0.3, 0.4) is 0 Å². The molecule has 0 aromatic heterocycles. The van der Waals surface area contributed by atoms with E-state index in [4.69, 9.17) is 9.47 Å². The Balaban J connectivity index is 2.01. The standard InChI is InChI=1S/C17H18N2O5/c1-23-15-8-3-5-12(17(15)24-2)9-10-16(20)18-13-6-4-7-14(11-13)19(21)22/h3-8,11H,9-10H2,1-2H3,(H,18,20). The zero-order valence-corrected chi connectivity index (χ0v) is 13.4. The second-order valence-electron chi connectivity index (χ2n) is 5.01. The van der Waals surface area contributed by atoms with Crippen LogP contribution >= 0.6 is 0 Å². The molecule has 0 aliphatic rings. The summed E-state index contributed by atoms with van der Waals surface area (Å²) in [4.78, 5) is 22.3. The molecule has 1 amide bonds. The van der Waals surface area contributed by atoms with Crippen molar-refractivity contribution in [3.05, 3.63) is 58.1 Å². The van der Waals surface area contributed by atoms with Crippen LogP contribution < -0.4 is 14.8 Å². The van der Waals surface area contributed by atoms with Crippen molar-refractivity contribution in [3.63, 3.8) is 0 Å². The molecule has 2 aromatic carbocycles. The Hall–Kier alpha value is -3.09. The minimum absolute atomic E-state index is 0.0673. The first-order chi connectivity index (χ1) is 11.5. The van der Waals surface area contributed by atoms with Gasteiger partial charge in [0.1, 0.15) is 0 Å². The summed E-state index contributed by atoms with van der Waals surface area (Å²) in [6, 6.07) is 11.3. The number of nitro groups is 1. The number of hydrogen-bond acceptors (Lipinski definition) is 5. The highest BCUT2D eigenvalue weighted by molar-refractivity contribution is 5.91. The molecule has 24 heavy (non-hydrogen) atoms. The molecule has 0 spiro atoms. The number of rotatable bonds is 7. The van der Waals surface area contributed by atoms with Crippen molar-refractivity contribution in [2.24, 2.45) is 0 Å². The molecule has 0 fully saturated rings. The van der Waals surface area contributed by atoms with Gasteiger partial charge < -0.3 is 14.8 Å². The number of ether oxygens (including phenoxy) is 2. The normalized spacial score (nSPS) is 10.1. The molecule has 0 saturated heterocycles. The maximum absolute atomic E-state index is 12.1. The summed E-state index contributed by atoms with van der Waals surface area (Å²) in [6.07, 6.45) is 0.674. The molecular weight excluding hydrogens is 312 g/mol. The monoisotopic (exact) mass is 330 g/mol. The highest BCUT2D eigenvalue weighted by Gasteiger charge is 2.12. The van der Waals surface area contributed by atoms with Gasteiger partial charge in [0.25, 0.3) is 5.69 Å². The fraction of sp³-hybridized carbons (Fsp3) is 0.235. The summed E-state index contributed by atoms with van der Waals surface area (Å²) in [5, 5.41) is 13.4. The molecule has 7 nitrogen and oxygen atoms in total. The number of nitrogens with one attached hydrogen (secondary N) is 1. The number of nitrogens with zero attached hydrogens (tertiary/aromatic N) is 1. The van der Waals surface area contributed by atoms with Crippen LogP contribution in [0.25, 0.3) is 0 Å². The number of non-ortho nitro benzene ring substituents is 1. The number of carbonyl (C=O) groups excluding carboxylic acids is 1. The highest BCUT2D eigenvalue weighted by atomic mass is 16.6. The second-order valence-corrected chi connectivity index (χ2v) is 5.01. The maximum atomic E-state index is 12.1. The molecule has 0 aliphatic heterocycles. The highest BCUT2D eigenvalue weighted by Crippen LogP contribution is 2.31. The van der Waals surface area contributed by atoms with Crippen LogP contribution in [-0.4, -0.2) is 25.1 Å². The lowest BCUT2D eigenvalue weighted by atomic mass is 10.1. The van der Waals surface area contributed by atoms with Crippen LogP contribution in [0.1, 0.15) is 12.0 Å². The zero-order valence-electron chi connectivity index (χ0n) is 13.4. The minimum Gasteiger partial charge on any atom is -0.493 e. The minimum atomic E-state index is -0.503. The predicted molar refractivity (Wildman–Crippen MR) is 89.6 cm³/mol.